The van der Waals surface area contributed by atoms with Crippen LogP contribution in [0.3, 0.4) is 0 Å². The van der Waals surface area contributed by atoms with Gasteiger partial charge in [0.05, 0.1) is 5.56 Å². The molecule has 1 fully saturated rings. The first-order valence-electron chi connectivity index (χ1n) is 6.87. The van der Waals surface area contributed by atoms with Crippen molar-refractivity contribution < 1.29 is 9.18 Å². The van der Waals surface area contributed by atoms with Gasteiger partial charge >= 0.3 is 0 Å². The van der Waals surface area contributed by atoms with Crippen LogP contribution in [0, 0.1) is 5.82 Å². The summed E-state index contributed by atoms with van der Waals surface area (Å²) < 4.78 is 13.4. The maximum atomic E-state index is 13.4. The highest BCUT2D eigenvalue weighted by molar-refractivity contribution is 5.95. The molecule has 0 aliphatic heterocycles. The molecule has 4 heteroatoms. The molecule has 0 bridgehead atoms. The van der Waals surface area contributed by atoms with Crippen molar-refractivity contribution in [1.82, 2.24) is 5.43 Å². The number of hydrazone groups is 1. The van der Waals surface area contributed by atoms with Crippen LogP contribution in [0.15, 0.2) is 29.4 Å². The number of hydrogen-bond acceptors (Lipinski definition) is 2. The van der Waals surface area contributed by atoms with Crippen molar-refractivity contribution in [2.75, 3.05) is 0 Å². The van der Waals surface area contributed by atoms with Gasteiger partial charge in [-0.3, -0.25) is 4.79 Å². The molecule has 0 aromatic heterocycles. The third-order valence-corrected chi connectivity index (χ3v) is 3.36. The number of amides is 1. The average molecular weight is 262 g/mol. The quantitative estimate of drug-likeness (QED) is 0.812. The molecule has 1 aliphatic carbocycles. The van der Waals surface area contributed by atoms with E-state index in [2.05, 4.69) is 10.5 Å². The van der Waals surface area contributed by atoms with Crippen LogP contribution in [-0.2, 0) is 0 Å². The molecule has 1 amide bonds. The van der Waals surface area contributed by atoms with Crippen LogP contribution in [0.5, 0.6) is 0 Å². The fourth-order valence-corrected chi connectivity index (χ4v) is 2.26. The third kappa shape index (κ3) is 4.16. The van der Waals surface area contributed by atoms with Crippen molar-refractivity contribution in [3.8, 4) is 0 Å². The first-order chi connectivity index (χ1) is 9.27. The lowest BCUT2D eigenvalue weighted by Gasteiger charge is -2.11. The van der Waals surface area contributed by atoms with E-state index in [1.165, 1.54) is 31.4 Å². The molecule has 3 nitrogen and oxygen atoms in total. The van der Waals surface area contributed by atoms with Crippen LogP contribution >= 0.6 is 0 Å². The van der Waals surface area contributed by atoms with Gasteiger partial charge in [-0.25, -0.2) is 9.82 Å². The van der Waals surface area contributed by atoms with Crippen molar-refractivity contribution in [3.63, 3.8) is 0 Å². The number of benzene rings is 1. The lowest BCUT2D eigenvalue weighted by Crippen LogP contribution is -2.21. The van der Waals surface area contributed by atoms with E-state index in [-0.39, 0.29) is 5.56 Å². The average Bonchev–Trinajstić information content (AvgIpc) is 2.37. The smallest absolute Gasteiger partial charge is 0.267 e. The number of nitrogens with zero attached hydrogens (tertiary/aromatic N) is 1. The fraction of sp³-hybridized carbons (Fsp3) is 0.467. The molecule has 0 spiro atoms. The SMILES string of the molecule is O=C(NN=C1CCCCCCC1)c1ccccc1F. The van der Waals surface area contributed by atoms with Crippen molar-refractivity contribution >= 4 is 11.6 Å². The number of hydrogen-bond donors (Lipinski definition) is 1. The van der Waals surface area contributed by atoms with E-state index in [9.17, 15) is 9.18 Å². The molecule has 1 aromatic rings. The third-order valence-electron chi connectivity index (χ3n) is 3.36. The maximum absolute atomic E-state index is 13.4. The van der Waals surface area contributed by atoms with E-state index in [4.69, 9.17) is 0 Å². The largest absolute Gasteiger partial charge is 0.274 e. The molecular weight excluding hydrogens is 243 g/mol. The van der Waals surface area contributed by atoms with Crippen molar-refractivity contribution in [2.24, 2.45) is 5.10 Å². The molecule has 0 unspecified atom stereocenters. The molecular formula is C15H19FN2O. The Morgan fingerprint density at radius 3 is 2.37 bits per heavy atom. The molecule has 2 rings (SSSR count). The Hall–Kier alpha value is -1.71. The Morgan fingerprint density at radius 1 is 1.05 bits per heavy atom. The number of carbonyl (C=O) groups is 1. The second kappa shape index (κ2) is 7.02. The minimum Gasteiger partial charge on any atom is -0.267 e. The lowest BCUT2D eigenvalue weighted by atomic mass is 9.99. The predicted octanol–water partition coefficient (Wildman–Crippen LogP) is 3.66. The van der Waals surface area contributed by atoms with Crippen molar-refractivity contribution in [1.29, 1.82) is 0 Å². The molecule has 1 aromatic carbocycles. The van der Waals surface area contributed by atoms with Crippen LogP contribution in [0.2, 0.25) is 0 Å². The minimum absolute atomic E-state index is 0.0395. The van der Waals surface area contributed by atoms with Gasteiger partial charge in [0.2, 0.25) is 0 Å². The van der Waals surface area contributed by atoms with Crippen LogP contribution in [0.25, 0.3) is 0 Å². The van der Waals surface area contributed by atoms with E-state index in [0.717, 1.165) is 31.4 Å². The molecule has 0 saturated heterocycles. The first-order valence-corrected chi connectivity index (χ1v) is 6.87. The predicted molar refractivity (Wildman–Crippen MR) is 73.6 cm³/mol. The van der Waals surface area contributed by atoms with E-state index >= 15 is 0 Å². The molecule has 0 radical (unpaired) electrons. The summed E-state index contributed by atoms with van der Waals surface area (Å²) in [6, 6.07) is 5.94. The van der Waals surface area contributed by atoms with E-state index in [0.29, 0.717) is 0 Å². The van der Waals surface area contributed by atoms with E-state index < -0.39 is 11.7 Å². The topological polar surface area (TPSA) is 41.5 Å². The molecule has 1 aliphatic rings. The first kappa shape index (κ1) is 13.7. The Balaban J connectivity index is 1.96. The summed E-state index contributed by atoms with van der Waals surface area (Å²) in [7, 11) is 0. The number of nitrogens with one attached hydrogen (secondary N) is 1. The van der Waals surface area contributed by atoms with Gasteiger partial charge in [-0.1, -0.05) is 31.4 Å². The minimum atomic E-state index is -0.516. The van der Waals surface area contributed by atoms with Gasteiger partial charge in [-0.05, 0) is 37.8 Å². The standard InChI is InChI=1S/C15H19FN2O/c16-14-11-7-6-10-13(14)15(19)18-17-12-8-4-2-1-3-5-9-12/h6-7,10-11H,1-5,8-9H2,(H,18,19). The van der Waals surface area contributed by atoms with Gasteiger partial charge in [-0.2, -0.15) is 5.10 Å². The van der Waals surface area contributed by atoms with Crippen LogP contribution in [0.1, 0.15) is 55.3 Å². The van der Waals surface area contributed by atoms with Crippen LogP contribution in [0.4, 0.5) is 4.39 Å². The van der Waals surface area contributed by atoms with E-state index in [1.807, 2.05) is 0 Å². The van der Waals surface area contributed by atoms with Gasteiger partial charge in [0, 0.05) is 5.71 Å². The lowest BCUT2D eigenvalue weighted by molar-refractivity contribution is 0.0950. The number of halogens is 1. The van der Waals surface area contributed by atoms with Crippen molar-refractivity contribution in [2.45, 2.75) is 44.9 Å². The molecule has 1 saturated carbocycles. The second-order valence-electron chi connectivity index (χ2n) is 4.87. The summed E-state index contributed by atoms with van der Waals surface area (Å²) in [6.07, 6.45) is 7.83. The normalized spacial score (nSPS) is 16.4. The highest BCUT2D eigenvalue weighted by atomic mass is 19.1. The molecule has 0 heterocycles. The van der Waals surface area contributed by atoms with Gasteiger partial charge in [0.15, 0.2) is 0 Å². The summed E-state index contributed by atoms with van der Waals surface area (Å²) in [6.45, 7) is 0. The van der Waals surface area contributed by atoms with Gasteiger partial charge in [-0.15, -0.1) is 0 Å². The van der Waals surface area contributed by atoms with E-state index in [1.54, 1.807) is 12.1 Å². The zero-order chi connectivity index (χ0) is 13.5. The molecule has 1 N–H and O–H groups in total. The second-order valence-corrected chi connectivity index (χ2v) is 4.87. The Kier molecular flexibility index (Phi) is 5.07. The summed E-state index contributed by atoms with van der Waals surface area (Å²) in [4.78, 5) is 11.8. The molecule has 102 valence electrons. The molecule has 0 atom stereocenters. The summed E-state index contributed by atoms with van der Waals surface area (Å²) in [5.74, 6) is -0.995. The van der Waals surface area contributed by atoms with Crippen LogP contribution < -0.4 is 5.43 Å². The van der Waals surface area contributed by atoms with Gasteiger partial charge in [0.1, 0.15) is 5.82 Å². The number of rotatable bonds is 2. The number of carbonyl (C=O) groups excluding carboxylic acids is 1. The monoisotopic (exact) mass is 262 g/mol. The zero-order valence-electron chi connectivity index (χ0n) is 11.0. The Bertz CT molecular complexity index is 461. The molecule has 19 heavy (non-hydrogen) atoms. The Labute approximate surface area is 112 Å². The maximum Gasteiger partial charge on any atom is 0.274 e. The highest BCUT2D eigenvalue weighted by Crippen LogP contribution is 2.14. The zero-order valence-corrected chi connectivity index (χ0v) is 11.0. The summed E-state index contributed by atoms with van der Waals surface area (Å²) >= 11 is 0. The Morgan fingerprint density at radius 2 is 1.68 bits per heavy atom. The van der Waals surface area contributed by atoms with Gasteiger partial charge < -0.3 is 0 Å². The highest BCUT2D eigenvalue weighted by Gasteiger charge is 2.10. The van der Waals surface area contributed by atoms with Crippen molar-refractivity contribution in [3.05, 3.63) is 35.6 Å². The summed E-state index contributed by atoms with van der Waals surface area (Å²) in [5.41, 5.74) is 3.52. The summed E-state index contributed by atoms with van der Waals surface area (Å²) in [5, 5.41) is 4.15. The van der Waals surface area contributed by atoms with Gasteiger partial charge in [0.25, 0.3) is 5.91 Å². The fourth-order valence-electron chi connectivity index (χ4n) is 2.26. The van der Waals surface area contributed by atoms with Crippen LogP contribution in [-0.4, -0.2) is 11.6 Å².